The number of amides is 1. The number of rotatable bonds is 5. The molecular formula is C18H16N4O. The van der Waals surface area contributed by atoms with Crippen molar-refractivity contribution < 1.29 is 4.79 Å². The van der Waals surface area contributed by atoms with Crippen LogP contribution in [-0.2, 0) is 6.42 Å². The number of hydrogen-bond donors (Lipinski definition) is 2. The van der Waals surface area contributed by atoms with Gasteiger partial charge in [0.25, 0.3) is 5.91 Å². The molecule has 1 heterocycles. The van der Waals surface area contributed by atoms with Crippen LogP contribution in [0.1, 0.15) is 21.7 Å². The van der Waals surface area contributed by atoms with Gasteiger partial charge in [-0.2, -0.15) is 5.10 Å². The van der Waals surface area contributed by atoms with Crippen molar-refractivity contribution in [2.24, 2.45) is 5.10 Å². The van der Waals surface area contributed by atoms with E-state index < -0.39 is 0 Å². The standard InChI is InChI=1S/C18H16N4O/c23-18(15-9-5-2-6-10-15)22-21-16(13-17-19-11-12-20-17)14-7-3-1-4-8-14/h1-12H,13H2,(H,19,20)(H,22,23)/b21-16-. The Morgan fingerprint density at radius 2 is 1.65 bits per heavy atom. The summed E-state index contributed by atoms with van der Waals surface area (Å²) in [5, 5.41) is 4.30. The van der Waals surface area contributed by atoms with Gasteiger partial charge in [-0.15, -0.1) is 0 Å². The molecule has 0 spiro atoms. The van der Waals surface area contributed by atoms with E-state index in [4.69, 9.17) is 0 Å². The SMILES string of the molecule is O=C(N/N=C(/Cc1ncc[nH]1)c1ccccc1)c1ccccc1. The number of aromatic nitrogens is 2. The molecule has 3 aromatic rings. The summed E-state index contributed by atoms with van der Waals surface area (Å²) >= 11 is 0. The molecule has 0 unspecified atom stereocenters. The van der Waals surface area contributed by atoms with Crippen molar-refractivity contribution in [3.63, 3.8) is 0 Å². The Morgan fingerprint density at radius 3 is 2.26 bits per heavy atom. The third-order valence-electron chi connectivity index (χ3n) is 3.33. The Hall–Kier alpha value is -3.21. The van der Waals surface area contributed by atoms with Gasteiger partial charge < -0.3 is 4.98 Å². The van der Waals surface area contributed by atoms with Crippen molar-refractivity contribution in [3.8, 4) is 0 Å². The fraction of sp³-hybridized carbons (Fsp3) is 0.0556. The van der Waals surface area contributed by atoms with Crippen LogP contribution in [0.3, 0.4) is 0 Å². The second-order valence-electron chi connectivity index (χ2n) is 4.94. The number of aromatic amines is 1. The molecule has 0 saturated heterocycles. The van der Waals surface area contributed by atoms with Crippen LogP contribution in [0.15, 0.2) is 78.2 Å². The van der Waals surface area contributed by atoms with Gasteiger partial charge in [0.05, 0.1) is 12.1 Å². The molecule has 1 aromatic heterocycles. The van der Waals surface area contributed by atoms with Crippen LogP contribution in [0.25, 0.3) is 0 Å². The minimum atomic E-state index is -0.238. The molecule has 2 N–H and O–H groups in total. The quantitative estimate of drug-likeness (QED) is 0.562. The molecule has 2 aromatic carbocycles. The predicted octanol–water partition coefficient (Wildman–Crippen LogP) is 2.79. The maximum absolute atomic E-state index is 12.1. The van der Waals surface area contributed by atoms with E-state index in [9.17, 15) is 4.79 Å². The van der Waals surface area contributed by atoms with Crippen LogP contribution < -0.4 is 5.43 Å². The summed E-state index contributed by atoms with van der Waals surface area (Å²) in [7, 11) is 0. The number of carbonyl (C=O) groups excluding carboxylic acids is 1. The Balaban J connectivity index is 1.81. The highest BCUT2D eigenvalue weighted by molar-refractivity contribution is 6.03. The van der Waals surface area contributed by atoms with Gasteiger partial charge in [0, 0.05) is 18.0 Å². The number of nitrogens with one attached hydrogen (secondary N) is 2. The fourth-order valence-electron chi connectivity index (χ4n) is 2.16. The normalized spacial score (nSPS) is 11.2. The molecule has 5 heteroatoms. The van der Waals surface area contributed by atoms with Gasteiger partial charge in [0.1, 0.15) is 5.82 Å². The molecule has 0 atom stereocenters. The summed E-state index contributed by atoms with van der Waals surface area (Å²) in [4.78, 5) is 19.4. The molecule has 0 aliphatic carbocycles. The molecule has 1 amide bonds. The Morgan fingerprint density at radius 1 is 1.00 bits per heavy atom. The lowest BCUT2D eigenvalue weighted by Crippen LogP contribution is -2.21. The lowest BCUT2D eigenvalue weighted by Gasteiger charge is -2.06. The van der Waals surface area contributed by atoms with Crippen LogP contribution in [0.5, 0.6) is 0 Å². The van der Waals surface area contributed by atoms with Crippen molar-refractivity contribution >= 4 is 11.6 Å². The van der Waals surface area contributed by atoms with Gasteiger partial charge in [-0.25, -0.2) is 10.4 Å². The maximum atomic E-state index is 12.1. The number of benzene rings is 2. The predicted molar refractivity (Wildman–Crippen MR) is 89.2 cm³/mol. The molecule has 0 aliphatic rings. The van der Waals surface area contributed by atoms with Crippen LogP contribution in [0.4, 0.5) is 0 Å². The van der Waals surface area contributed by atoms with Crippen molar-refractivity contribution in [1.29, 1.82) is 0 Å². The highest BCUT2D eigenvalue weighted by Crippen LogP contribution is 2.06. The van der Waals surface area contributed by atoms with E-state index in [0.29, 0.717) is 12.0 Å². The smallest absolute Gasteiger partial charge is 0.271 e. The second kappa shape index (κ2) is 7.17. The van der Waals surface area contributed by atoms with Crippen molar-refractivity contribution in [2.75, 3.05) is 0 Å². The summed E-state index contributed by atoms with van der Waals surface area (Å²) in [6.07, 6.45) is 3.97. The van der Waals surface area contributed by atoms with E-state index in [1.165, 1.54) is 0 Å². The number of imidazole rings is 1. The molecule has 3 rings (SSSR count). The molecule has 114 valence electrons. The Bertz CT molecular complexity index is 780. The number of carbonyl (C=O) groups is 1. The third kappa shape index (κ3) is 3.91. The summed E-state index contributed by atoms with van der Waals surface area (Å²) in [5.74, 6) is 0.556. The molecule has 23 heavy (non-hydrogen) atoms. The lowest BCUT2D eigenvalue weighted by molar-refractivity contribution is 0.0955. The zero-order chi connectivity index (χ0) is 15.9. The van der Waals surface area contributed by atoms with E-state index in [1.54, 1.807) is 24.5 Å². The van der Waals surface area contributed by atoms with Gasteiger partial charge in [-0.05, 0) is 17.7 Å². The highest BCUT2D eigenvalue weighted by Gasteiger charge is 2.09. The van der Waals surface area contributed by atoms with Crippen LogP contribution >= 0.6 is 0 Å². The first-order valence-electron chi connectivity index (χ1n) is 7.28. The molecule has 0 bridgehead atoms. The molecule has 0 fully saturated rings. The molecule has 0 saturated carbocycles. The summed E-state index contributed by atoms with van der Waals surface area (Å²) in [6.45, 7) is 0. The highest BCUT2D eigenvalue weighted by atomic mass is 16.2. The van der Waals surface area contributed by atoms with Gasteiger partial charge in [0.15, 0.2) is 0 Å². The largest absolute Gasteiger partial charge is 0.348 e. The van der Waals surface area contributed by atoms with E-state index in [1.807, 2.05) is 48.5 Å². The van der Waals surface area contributed by atoms with Gasteiger partial charge in [-0.1, -0.05) is 48.5 Å². The summed E-state index contributed by atoms with van der Waals surface area (Å²) < 4.78 is 0. The Labute approximate surface area is 134 Å². The first-order valence-corrected chi connectivity index (χ1v) is 7.28. The minimum absolute atomic E-state index is 0.238. The summed E-state index contributed by atoms with van der Waals surface area (Å²) in [5.41, 5.74) is 4.87. The van der Waals surface area contributed by atoms with Crippen LogP contribution in [0, 0.1) is 0 Å². The fourth-order valence-corrected chi connectivity index (χ4v) is 2.16. The number of hydrogen-bond acceptors (Lipinski definition) is 3. The van der Waals surface area contributed by atoms with Crippen molar-refractivity contribution in [1.82, 2.24) is 15.4 Å². The van der Waals surface area contributed by atoms with Crippen molar-refractivity contribution in [2.45, 2.75) is 6.42 Å². The van der Waals surface area contributed by atoms with Gasteiger partial charge >= 0.3 is 0 Å². The molecule has 0 aliphatic heterocycles. The Kier molecular flexibility index (Phi) is 4.59. The number of nitrogens with zero attached hydrogens (tertiary/aromatic N) is 2. The minimum Gasteiger partial charge on any atom is -0.348 e. The van der Waals surface area contributed by atoms with Gasteiger partial charge in [-0.3, -0.25) is 4.79 Å². The van der Waals surface area contributed by atoms with Crippen LogP contribution in [-0.4, -0.2) is 21.6 Å². The van der Waals surface area contributed by atoms with E-state index >= 15 is 0 Å². The monoisotopic (exact) mass is 304 g/mol. The molecule has 0 radical (unpaired) electrons. The third-order valence-corrected chi connectivity index (χ3v) is 3.33. The molecule has 5 nitrogen and oxygen atoms in total. The first kappa shape index (κ1) is 14.7. The zero-order valence-electron chi connectivity index (χ0n) is 12.4. The van der Waals surface area contributed by atoms with Crippen LogP contribution in [0.2, 0.25) is 0 Å². The average Bonchev–Trinajstić information content (AvgIpc) is 3.13. The van der Waals surface area contributed by atoms with E-state index in [-0.39, 0.29) is 5.91 Å². The topological polar surface area (TPSA) is 70.1 Å². The first-order chi connectivity index (χ1) is 11.3. The van der Waals surface area contributed by atoms with E-state index in [2.05, 4.69) is 20.5 Å². The lowest BCUT2D eigenvalue weighted by atomic mass is 10.1. The zero-order valence-corrected chi connectivity index (χ0v) is 12.4. The summed E-state index contributed by atoms with van der Waals surface area (Å²) in [6, 6.07) is 18.7. The van der Waals surface area contributed by atoms with Crippen molar-refractivity contribution in [3.05, 3.63) is 90.0 Å². The second-order valence-corrected chi connectivity index (χ2v) is 4.94. The molecular weight excluding hydrogens is 288 g/mol. The number of hydrazone groups is 1. The van der Waals surface area contributed by atoms with E-state index in [0.717, 1.165) is 17.1 Å². The van der Waals surface area contributed by atoms with Gasteiger partial charge in [0.2, 0.25) is 0 Å². The average molecular weight is 304 g/mol. The maximum Gasteiger partial charge on any atom is 0.271 e. The number of H-pyrrole nitrogens is 1.